The highest BCUT2D eigenvalue weighted by Crippen LogP contribution is 2.29. The van der Waals surface area contributed by atoms with Gasteiger partial charge in [0.2, 0.25) is 5.89 Å². The Morgan fingerprint density at radius 2 is 2.37 bits per heavy atom. The second-order valence-corrected chi connectivity index (χ2v) is 5.70. The number of nitrogens with zero attached hydrogens (tertiary/aromatic N) is 2. The number of nitrogens with two attached hydrogens (primary N) is 1. The first-order valence-corrected chi connectivity index (χ1v) is 6.55. The second-order valence-electron chi connectivity index (χ2n) is 5.70. The van der Waals surface area contributed by atoms with E-state index in [1.165, 1.54) is 12.1 Å². The first kappa shape index (κ1) is 12.6. The third-order valence-corrected chi connectivity index (χ3v) is 3.88. The van der Waals surface area contributed by atoms with Crippen LogP contribution in [0.25, 0.3) is 11.1 Å². The fourth-order valence-electron chi connectivity index (χ4n) is 2.63. The number of hydrogen-bond acceptors (Lipinski definition) is 4. The van der Waals surface area contributed by atoms with Gasteiger partial charge in [0.25, 0.3) is 0 Å². The summed E-state index contributed by atoms with van der Waals surface area (Å²) in [5.41, 5.74) is 7.20. The van der Waals surface area contributed by atoms with Crippen LogP contribution in [0.1, 0.15) is 19.2 Å². The maximum Gasteiger partial charge on any atom is 0.209 e. The van der Waals surface area contributed by atoms with Crippen molar-refractivity contribution in [1.82, 2.24) is 9.88 Å². The SMILES string of the molecule is CC1(CN)CCN(Cc2nc3cc(F)ccc3o2)C1. The monoisotopic (exact) mass is 263 g/mol. The van der Waals surface area contributed by atoms with Gasteiger partial charge in [-0.15, -0.1) is 0 Å². The molecule has 1 saturated heterocycles. The number of hydrogen-bond donors (Lipinski definition) is 1. The largest absolute Gasteiger partial charge is 0.439 e. The molecule has 0 saturated carbocycles. The van der Waals surface area contributed by atoms with Gasteiger partial charge in [0, 0.05) is 12.6 Å². The Hall–Kier alpha value is -1.46. The molecule has 2 N–H and O–H groups in total. The normalized spacial score (nSPS) is 24.4. The highest BCUT2D eigenvalue weighted by atomic mass is 19.1. The fraction of sp³-hybridized carbons (Fsp3) is 0.500. The molecule has 5 heteroatoms. The summed E-state index contributed by atoms with van der Waals surface area (Å²) in [6, 6.07) is 4.41. The summed E-state index contributed by atoms with van der Waals surface area (Å²) in [5, 5.41) is 0. The molecule has 19 heavy (non-hydrogen) atoms. The van der Waals surface area contributed by atoms with Gasteiger partial charge in [0.15, 0.2) is 5.58 Å². The summed E-state index contributed by atoms with van der Waals surface area (Å²) in [6.07, 6.45) is 1.10. The molecule has 0 aliphatic carbocycles. The van der Waals surface area contributed by atoms with Crippen molar-refractivity contribution in [1.29, 1.82) is 0 Å². The summed E-state index contributed by atoms with van der Waals surface area (Å²) in [6.45, 7) is 5.51. The van der Waals surface area contributed by atoms with Crippen molar-refractivity contribution in [2.45, 2.75) is 19.9 Å². The molecule has 1 aromatic heterocycles. The van der Waals surface area contributed by atoms with E-state index in [1.807, 2.05) is 0 Å². The number of rotatable bonds is 3. The Morgan fingerprint density at radius 1 is 1.53 bits per heavy atom. The lowest BCUT2D eigenvalue weighted by Crippen LogP contribution is -2.31. The van der Waals surface area contributed by atoms with Crippen molar-refractivity contribution in [3.8, 4) is 0 Å². The van der Waals surface area contributed by atoms with Gasteiger partial charge in [0.1, 0.15) is 11.3 Å². The third kappa shape index (κ3) is 2.48. The molecule has 1 fully saturated rings. The van der Waals surface area contributed by atoms with E-state index in [4.69, 9.17) is 10.2 Å². The summed E-state index contributed by atoms with van der Waals surface area (Å²) < 4.78 is 18.7. The Bertz CT molecular complexity index is 597. The zero-order chi connectivity index (χ0) is 13.5. The van der Waals surface area contributed by atoms with Gasteiger partial charge in [0.05, 0.1) is 6.54 Å². The lowest BCUT2D eigenvalue weighted by Gasteiger charge is -2.21. The van der Waals surface area contributed by atoms with E-state index < -0.39 is 0 Å². The molecule has 0 amide bonds. The van der Waals surface area contributed by atoms with E-state index in [0.29, 0.717) is 30.1 Å². The molecule has 0 radical (unpaired) electrons. The molecule has 102 valence electrons. The Kier molecular flexibility index (Phi) is 3.03. The first-order valence-electron chi connectivity index (χ1n) is 6.55. The molecule has 1 unspecified atom stereocenters. The van der Waals surface area contributed by atoms with Crippen LogP contribution in [0.3, 0.4) is 0 Å². The zero-order valence-electron chi connectivity index (χ0n) is 11.0. The van der Waals surface area contributed by atoms with E-state index in [9.17, 15) is 4.39 Å². The Labute approximate surface area is 111 Å². The molecule has 1 atom stereocenters. The molecule has 0 bridgehead atoms. The van der Waals surface area contributed by atoms with Crippen LogP contribution < -0.4 is 5.73 Å². The highest BCUT2D eigenvalue weighted by molar-refractivity contribution is 5.72. The maximum atomic E-state index is 13.1. The van der Waals surface area contributed by atoms with E-state index in [0.717, 1.165) is 19.5 Å². The summed E-state index contributed by atoms with van der Waals surface area (Å²) >= 11 is 0. The van der Waals surface area contributed by atoms with Crippen LogP contribution in [-0.2, 0) is 6.54 Å². The summed E-state index contributed by atoms with van der Waals surface area (Å²) in [7, 11) is 0. The van der Waals surface area contributed by atoms with Crippen LogP contribution in [0.5, 0.6) is 0 Å². The molecule has 0 spiro atoms. The zero-order valence-corrected chi connectivity index (χ0v) is 11.0. The molecule has 2 heterocycles. The lowest BCUT2D eigenvalue weighted by molar-refractivity contribution is 0.254. The number of benzene rings is 1. The lowest BCUT2D eigenvalue weighted by atomic mass is 9.90. The number of aromatic nitrogens is 1. The van der Waals surface area contributed by atoms with Crippen molar-refractivity contribution in [2.75, 3.05) is 19.6 Å². The quantitative estimate of drug-likeness (QED) is 0.921. The first-order chi connectivity index (χ1) is 9.08. The molecule has 1 aliphatic heterocycles. The minimum atomic E-state index is -0.288. The van der Waals surface area contributed by atoms with E-state index in [1.54, 1.807) is 6.07 Å². The van der Waals surface area contributed by atoms with Gasteiger partial charge in [-0.1, -0.05) is 6.92 Å². The predicted octanol–water partition coefficient (Wildman–Crippen LogP) is 2.14. The van der Waals surface area contributed by atoms with Gasteiger partial charge in [-0.05, 0) is 37.1 Å². The highest BCUT2D eigenvalue weighted by Gasteiger charge is 2.32. The standard InChI is InChI=1S/C14H18FN3O/c1-14(8-16)4-5-18(9-14)7-13-17-11-6-10(15)2-3-12(11)19-13/h2-3,6H,4-5,7-9,16H2,1H3. The maximum absolute atomic E-state index is 13.1. The van der Waals surface area contributed by atoms with Crippen molar-refractivity contribution >= 4 is 11.1 Å². The predicted molar refractivity (Wildman–Crippen MR) is 71.0 cm³/mol. The number of halogens is 1. The summed E-state index contributed by atoms with van der Waals surface area (Å²) in [5.74, 6) is 0.353. The van der Waals surface area contributed by atoms with Crippen LogP contribution in [-0.4, -0.2) is 29.5 Å². The van der Waals surface area contributed by atoms with Gasteiger partial charge in [-0.3, -0.25) is 4.90 Å². The van der Waals surface area contributed by atoms with Crippen LogP contribution in [0.2, 0.25) is 0 Å². The van der Waals surface area contributed by atoms with Crippen molar-refractivity contribution in [3.05, 3.63) is 29.9 Å². The van der Waals surface area contributed by atoms with Gasteiger partial charge in [-0.25, -0.2) is 9.37 Å². The van der Waals surface area contributed by atoms with Gasteiger partial charge >= 0.3 is 0 Å². The topological polar surface area (TPSA) is 55.3 Å². The van der Waals surface area contributed by atoms with Crippen LogP contribution in [0.15, 0.2) is 22.6 Å². The minimum absolute atomic E-state index is 0.193. The molecule has 2 aromatic rings. The van der Waals surface area contributed by atoms with Crippen LogP contribution in [0, 0.1) is 11.2 Å². The average Bonchev–Trinajstić information content (AvgIpc) is 2.93. The van der Waals surface area contributed by atoms with Crippen LogP contribution >= 0.6 is 0 Å². The molecule has 1 aliphatic rings. The second kappa shape index (κ2) is 4.58. The fourth-order valence-corrected chi connectivity index (χ4v) is 2.63. The Balaban J connectivity index is 1.75. The number of oxazole rings is 1. The van der Waals surface area contributed by atoms with Crippen molar-refractivity contribution in [2.24, 2.45) is 11.1 Å². The van der Waals surface area contributed by atoms with E-state index in [2.05, 4.69) is 16.8 Å². The van der Waals surface area contributed by atoms with E-state index >= 15 is 0 Å². The molecular weight excluding hydrogens is 245 g/mol. The molecule has 4 nitrogen and oxygen atoms in total. The van der Waals surface area contributed by atoms with E-state index in [-0.39, 0.29) is 11.2 Å². The molecule has 1 aromatic carbocycles. The molecular formula is C14H18FN3O. The van der Waals surface area contributed by atoms with Gasteiger partial charge in [-0.2, -0.15) is 0 Å². The van der Waals surface area contributed by atoms with Crippen molar-refractivity contribution in [3.63, 3.8) is 0 Å². The minimum Gasteiger partial charge on any atom is -0.439 e. The summed E-state index contributed by atoms with van der Waals surface area (Å²) in [4.78, 5) is 6.62. The number of likely N-dealkylation sites (tertiary alicyclic amines) is 1. The van der Waals surface area contributed by atoms with Gasteiger partial charge < -0.3 is 10.2 Å². The Morgan fingerprint density at radius 3 is 3.11 bits per heavy atom. The molecule has 3 rings (SSSR count). The van der Waals surface area contributed by atoms with Crippen LogP contribution in [0.4, 0.5) is 4.39 Å². The third-order valence-electron chi connectivity index (χ3n) is 3.88. The number of fused-ring (bicyclic) bond motifs is 1. The smallest absolute Gasteiger partial charge is 0.209 e. The average molecular weight is 263 g/mol. The van der Waals surface area contributed by atoms with Crippen molar-refractivity contribution < 1.29 is 8.81 Å².